The van der Waals surface area contributed by atoms with E-state index in [1.54, 1.807) is 25.1 Å². The molecule has 2 aromatic rings. The predicted octanol–water partition coefficient (Wildman–Crippen LogP) is 1.87. The average Bonchev–Trinajstić information content (AvgIpc) is 2.46. The Bertz CT molecular complexity index is 872. The fraction of sp³-hybridized carbons (Fsp3) is 0.125. The van der Waals surface area contributed by atoms with Gasteiger partial charge in [0.25, 0.3) is 0 Å². The Balaban J connectivity index is 2.29. The van der Waals surface area contributed by atoms with Crippen LogP contribution in [0.4, 0.5) is 0 Å². The number of aryl methyl sites for hydroxylation is 1. The maximum Gasteiger partial charge on any atom is 0.343 e. The molecule has 0 fully saturated rings. The summed E-state index contributed by atoms with van der Waals surface area (Å²) in [5.74, 6) is 0.0245. The predicted molar refractivity (Wildman–Crippen MR) is 77.1 cm³/mol. The molecular weight excluding hydrogens is 284 g/mol. The van der Waals surface area contributed by atoms with Gasteiger partial charge in [0, 0.05) is 6.07 Å². The molecule has 6 nitrogen and oxygen atoms in total. The van der Waals surface area contributed by atoms with Crippen molar-refractivity contribution < 1.29 is 14.3 Å². The molecule has 0 spiro atoms. The van der Waals surface area contributed by atoms with E-state index < -0.39 is 11.5 Å². The van der Waals surface area contributed by atoms with Crippen LogP contribution in [0.25, 0.3) is 0 Å². The molecule has 0 saturated carbocycles. The normalized spacial score (nSPS) is 16.6. The van der Waals surface area contributed by atoms with Crippen LogP contribution in [0.1, 0.15) is 22.8 Å². The minimum Gasteiger partial charge on any atom is -0.508 e. The highest BCUT2D eigenvalue weighted by Crippen LogP contribution is 2.40. The molecular formula is C16H12N2O4. The van der Waals surface area contributed by atoms with Gasteiger partial charge in [-0.15, -0.1) is 0 Å². The van der Waals surface area contributed by atoms with Crippen LogP contribution < -0.4 is 16.1 Å². The van der Waals surface area contributed by atoms with Crippen LogP contribution in [0.5, 0.6) is 11.5 Å². The van der Waals surface area contributed by atoms with Crippen molar-refractivity contribution in [1.29, 1.82) is 5.26 Å². The summed E-state index contributed by atoms with van der Waals surface area (Å²) in [5.41, 5.74) is 6.23. The van der Waals surface area contributed by atoms with E-state index in [-0.39, 0.29) is 28.5 Å². The lowest BCUT2D eigenvalue weighted by Crippen LogP contribution is -2.26. The molecule has 3 N–H and O–H groups in total. The Hall–Kier alpha value is -3.20. The molecule has 1 aromatic carbocycles. The molecule has 0 aliphatic carbocycles. The summed E-state index contributed by atoms with van der Waals surface area (Å²) in [6.07, 6.45) is 0. The summed E-state index contributed by atoms with van der Waals surface area (Å²) >= 11 is 0. The van der Waals surface area contributed by atoms with Crippen molar-refractivity contribution in [2.24, 2.45) is 5.73 Å². The quantitative estimate of drug-likeness (QED) is 0.831. The van der Waals surface area contributed by atoms with Crippen LogP contribution in [0, 0.1) is 18.3 Å². The zero-order valence-corrected chi connectivity index (χ0v) is 11.7. The van der Waals surface area contributed by atoms with Crippen molar-refractivity contribution in [3.63, 3.8) is 0 Å². The van der Waals surface area contributed by atoms with Gasteiger partial charge in [0.2, 0.25) is 5.88 Å². The summed E-state index contributed by atoms with van der Waals surface area (Å²) in [4.78, 5) is 12.2. The van der Waals surface area contributed by atoms with Crippen LogP contribution in [0.15, 0.2) is 51.0 Å². The number of allylic oxidation sites excluding steroid dienone is 1. The molecule has 6 heteroatoms. The van der Waals surface area contributed by atoms with Gasteiger partial charge in [0.15, 0.2) is 0 Å². The van der Waals surface area contributed by atoms with Gasteiger partial charge in [-0.1, -0.05) is 12.1 Å². The number of nitriles is 1. The number of rotatable bonds is 1. The van der Waals surface area contributed by atoms with Crippen molar-refractivity contribution in [2.75, 3.05) is 0 Å². The molecule has 1 aromatic heterocycles. The van der Waals surface area contributed by atoms with E-state index in [4.69, 9.17) is 14.9 Å². The number of phenols is 1. The van der Waals surface area contributed by atoms with Gasteiger partial charge in [-0.3, -0.25) is 0 Å². The van der Waals surface area contributed by atoms with E-state index in [2.05, 4.69) is 0 Å². The van der Waals surface area contributed by atoms with Crippen molar-refractivity contribution in [2.45, 2.75) is 12.8 Å². The molecule has 1 atom stereocenters. The molecule has 22 heavy (non-hydrogen) atoms. The smallest absolute Gasteiger partial charge is 0.343 e. The fourth-order valence-electron chi connectivity index (χ4n) is 2.52. The third kappa shape index (κ3) is 2.09. The second kappa shape index (κ2) is 4.97. The molecule has 3 rings (SSSR count). The van der Waals surface area contributed by atoms with E-state index >= 15 is 0 Å². The van der Waals surface area contributed by atoms with Gasteiger partial charge in [-0.2, -0.15) is 5.26 Å². The highest BCUT2D eigenvalue weighted by atomic mass is 16.5. The molecule has 0 bridgehead atoms. The molecule has 1 aliphatic heterocycles. The first-order valence-electron chi connectivity index (χ1n) is 6.52. The molecule has 0 saturated heterocycles. The maximum atomic E-state index is 12.2. The molecule has 0 unspecified atom stereocenters. The van der Waals surface area contributed by atoms with E-state index in [0.717, 1.165) is 0 Å². The van der Waals surface area contributed by atoms with Crippen molar-refractivity contribution in [1.82, 2.24) is 0 Å². The minimum absolute atomic E-state index is 0.0434. The van der Waals surface area contributed by atoms with E-state index in [9.17, 15) is 15.2 Å². The summed E-state index contributed by atoms with van der Waals surface area (Å²) in [7, 11) is 0. The van der Waals surface area contributed by atoms with Crippen LogP contribution in [-0.4, -0.2) is 5.11 Å². The van der Waals surface area contributed by atoms with Gasteiger partial charge >= 0.3 is 5.63 Å². The number of fused-ring (bicyclic) bond motifs is 1. The lowest BCUT2D eigenvalue weighted by molar-refractivity contribution is 0.371. The monoisotopic (exact) mass is 296 g/mol. The SMILES string of the molecule is Cc1cc2c(c(=O)o1)[C@@H](c1ccc(O)cc1)C(C#N)=C(N)O2. The largest absolute Gasteiger partial charge is 0.508 e. The fourth-order valence-corrected chi connectivity index (χ4v) is 2.52. The Morgan fingerprint density at radius 2 is 2.00 bits per heavy atom. The van der Waals surface area contributed by atoms with E-state index in [0.29, 0.717) is 11.3 Å². The number of hydrogen-bond donors (Lipinski definition) is 2. The average molecular weight is 296 g/mol. The Labute approximate surface area is 125 Å². The lowest BCUT2D eigenvalue weighted by atomic mass is 9.84. The summed E-state index contributed by atoms with van der Waals surface area (Å²) in [6.45, 7) is 1.63. The van der Waals surface area contributed by atoms with Gasteiger partial charge in [-0.05, 0) is 24.6 Å². The number of aromatic hydroxyl groups is 1. The number of nitrogens with zero attached hydrogens (tertiary/aromatic N) is 1. The van der Waals surface area contributed by atoms with E-state index in [1.165, 1.54) is 12.1 Å². The highest BCUT2D eigenvalue weighted by Gasteiger charge is 2.34. The summed E-state index contributed by atoms with van der Waals surface area (Å²) in [5, 5.41) is 18.8. The van der Waals surface area contributed by atoms with Crippen LogP contribution >= 0.6 is 0 Å². The number of ether oxygens (including phenoxy) is 1. The standard InChI is InChI=1S/C16H12N2O4/c1-8-6-12-14(16(20)21-8)13(11(7-17)15(18)22-12)9-2-4-10(19)5-3-9/h2-6,13,19H,18H2,1H3/t13-/m0/s1. The number of phenolic OH excluding ortho intramolecular Hbond substituents is 1. The zero-order chi connectivity index (χ0) is 15.9. The Kier molecular flexibility index (Phi) is 3.11. The van der Waals surface area contributed by atoms with Gasteiger partial charge in [0.1, 0.15) is 28.9 Å². The van der Waals surface area contributed by atoms with Gasteiger partial charge in [-0.25, -0.2) is 4.79 Å². The molecule has 1 aliphatic rings. The first-order chi connectivity index (χ1) is 10.5. The topological polar surface area (TPSA) is 109 Å². The minimum atomic E-state index is -0.689. The number of benzene rings is 1. The highest BCUT2D eigenvalue weighted by molar-refractivity contribution is 5.54. The molecule has 0 amide bonds. The summed E-state index contributed by atoms with van der Waals surface area (Å²) in [6, 6.07) is 9.75. The second-order valence-electron chi connectivity index (χ2n) is 4.94. The summed E-state index contributed by atoms with van der Waals surface area (Å²) < 4.78 is 10.5. The zero-order valence-electron chi connectivity index (χ0n) is 11.7. The number of hydrogen-bond acceptors (Lipinski definition) is 6. The van der Waals surface area contributed by atoms with Crippen LogP contribution in [-0.2, 0) is 0 Å². The van der Waals surface area contributed by atoms with Gasteiger partial charge < -0.3 is 20.0 Å². The van der Waals surface area contributed by atoms with Crippen molar-refractivity contribution in [3.8, 4) is 17.6 Å². The third-order valence-electron chi connectivity index (χ3n) is 3.48. The maximum absolute atomic E-state index is 12.2. The third-order valence-corrected chi connectivity index (χ3v) is 3.48. The first-order valence-corrected chi connectivity index (χ1v) is 6.52. The first kappa shape index (κ1) is 13.8. The molecule has 2 heterocycles. The van der Waals surface area contributed by atoms with Crippen LogP contribution in [0.3, 0.4) is 0 Å². The number of nitrogens with two attached hydrogens (primary N) is 1. The molecule has 0 radical (unpaired) electrons. The van der Waals surface area contributed by atoms with Crippen molar-refractivity contribution >= 4 is 0 Å². The lowest BCUT2D eigenvalue weighted by Gasteiger charge is -2.25. The second-order valence-corrected chi connectivity index (χ2v) is 4.94. The Morgan fingerprint density at radius 1 is 1.32 bits per heavy atom. The van der Waals surface area contributed by atoms with Crippen LogP contribution in [0.2, 0.25) is 0 Å². The van der Waals surface area contributed by atoms with E-state index in [1.807, 2.05) is 6.07 Å². The Morgan fingerprint density at radius 3 is 2.64 bits per heavy atom. The molecule has 110 valence electrons. The van der Waals surface area contributed by atoms with Crippen molar-refractivity contribution in [3.05, 3.63) is 69.1 Å². The van der Waals surface area contributed by atoms with Gasteiger partial charge in [0.05, 0.1) is 11.5 Å².